The maximum absolute atomic E-state index is 11.8. The summed E-state index contributed by atoms with van der Waals surface area (Å²) in [5.41, 5.74) is 7.34. The van der Waals surface area contributed by atoms with Crippen LogP contribution in [0.3, 0.4) is 0 Å². The fraction of sp³-hybridized carbons (Fsp3) is 0.308. The van der Waals surface area contributed by atoms with Crippen LogP contribution in [0.15, 0.2) is 24.4 Å². The van der Waals surface area contributed by atoms with Crippen molar-refractivity contribution in [2.24, 2.45) is 5.73 Å². The maximum atomic E-state index is 11.8. The van der Waals surface area contributed by atoms with Crippen LogP contribution in [0, 0.1) is 0 Å². The Morgan fingerprint density at radius 1 is 1.45 bits per heavy atom. The monoisotopic (exact) mass is 273 g/mol. The Morgan fingerprint density at radius 3 is 3.00 bits per heavy atom. The molecule has 1 aliphatic rings. The number of carbonyl (C=O) groups is 2. The molecule has 0 aromatic carbocycles. The Bertz CT molecular complexity index is 693. The van der Waals surface area contributed by atoms with E-state index in [4.69, 9.17) is 5.73 Å². The highest BCUT2D eigenvalue weighted by molar-refractivity contribution is 6.04. The quantitative estimate of drug-likeness (QED) is 0.729. The maximum Gasteiger partial charge on any atom is 0.249 e. The number of hydrogen-bond donors (Lipinski definition) is 2. The number of imidazole rings is 1. The van der Waals surface area contributed by atoms with E-state index >= 15 is 0 Å². The average molecular weight is 273 g/mol. The summed E-state index contributed by atoms with van der Waals surface area (Å²) in [6, 6.07) is 5.17. The molecule has 2 amide bonds. The average Bonchev–Trinajstić information content (AvgIpc) is 2.81. The second-order valence-electron chi connectivity index (χ2n) is 4.73. The van der Waals surface area contributed by atoms with Gasteiger partial charge in [-0.05, 0) is 19.1 Å². The SMILES string of the molecule is CC1C(=O)NC(=O)CN1c1nc2ccccn2c1CN. The molecule has 1 saturated heterocycles. The van der Waals surface area contributed by atoms with Crippen LogP contribution in [-0.4, -0.2) is 33.8 Å². The van der Waals surface area contributed by atoms with Crippen molar-refractivity contribution in [2.45, 2.75) is 19.5 Å². The van der Waals surface area contributed by atoms with E-state index in [1.54, 1.807) is 11.8 Å². The number of fused-ring (bicyclic) bond motifs is 1. The fourth-order valence-corrected chi connectivity index (χ4v) is 2.43. The third-order valence-electron chi connectivity index (χ3n) is 3.50. The van der Waals surface area contributed by atoms with E-state index in [9.17, 15) is 9.59 Å². The highest BCUT2D eigenvalue weighted by Gasteiger charge is 2.33. The van der Waals surface area contributed by atoms with Gasteiger partial charge in [-0.3, -0.25) is 14.9 Å². The molecule has 0 radical (unpaired) electrons. The molecule has 1 unspecified atom stereocenters. The van der Waals surface area contributed by atoms with E-state index < -0.39 is 6.04 Å². The number of amides is 2. The number of aromatic nitrogens is 2. The lowest BCUT2D eigenvalue weighted by Gasteiger charge is -2.32. The van der Waals surface area contributed by atoms with Crippen molar-refractivity contribution in [3.05, 3.63) is 30.1 Å². The largest absolute Gasteiger partial charge is 0.334 e. The van der Waals surface area contributed by atoms with Crippen molar-refractivity contribution < 1.29 is 9.59 Å². The Labute approximate surface area is 115 Å². The molecule has 1 atom stereocenters. The van der Waals surface area contributed by atoms with Gasteiger partial charge in [0.25, 0.3) is 0 Å². The first-order chi connectivity index (χ1) is 9.61. The topological polar surface area (TPSA) is 92.7 Å². The Hall–Kier alpha value is -2.41. The van der Waals surface area contributed by atoms with Gasteiger partial charge in [-0.25, -0.2) is 4.98 Å². The molecule has 0 aliphatic carbocycles. The molecular weight excluding hydrogens is 258 g/mol. The predicted molar refractivity (Wildman–Crippen MR) is 73.0 cm³/mol. The number of nitrogens with two attached hydrogens (primary N) is 1. The first-order valence-corrected chi connectivity index (χ1v) is 6.38. The lowest BCUT2D eigenvalue weighted by atomic mass is 10.2. The van der Waals surface area contributed by atoms with E-state index in [0.717, 1.165) is 11.3 Å². The van der Waals surface area contributed by atoms with Crippen molar-refractivity contribution >= 4 is 23.3 Å². The van der Waals surface area contributed by atoms with E-state index in [1.165, 1.54) is 0 Å². The number of anilines is 1. The smallest absolute Gasteiger partial charge is 0.249 e. The van der Waals surface area contributed by atoms with Crippen LogP contribution in [0.2, 0.25) is 0 Å². The van der Waals surface area contributed by atoms with Gasteiger partial charge in [0.1, 0.15) is 11.7 Å². The zero-order valence-corrected chi connectivity index (χ0v) is 11.0. The summed E-state index contributed by atoms with van der Waals surface area (Å²) >= 11 is 0. The highest BCUT2D eigenvalue weighted by Crippen LogP contribution is 2.24. The molecule has 0 bridgehead atoms. The highest BCUT2D eigenvalue weighted by atomic mass is 16.2. The summed E-state index contributed by atoms with van der Waals surface area (Å²) < 4.78 is 1.87. The normalized spacial score (nSPS) is 19.5. The van der Waals surface area contributed by atoms with Crippen LogP contribution >= 0.6 is 0 Å². The van der Waals surface area contributed by atoms with Gasteiger partial charge >= 0.3 is 0 Å². The zero-order valence-electron chi connectivity index (χ0n) is 11.0. The molecule has 1 aliphatic heterocycles. The molecule has 7 nitrogen and oxygen atoms in total. The van der Waals surface area contributed by atoms with E-state index in [2.05, 4.69) is 10.3 Å². The van der Waals surface area contributed by atoms with Gasteiger partial charge in [0.05, 0.1) is 12.2 Å². The van der Waals surface area contributed by atoms with Crippen molar-refractivity contribution in [1.82, 2.24) is 14.7 Å². The molecule has 7 heteroatoms. The van der Waals surface area contributed by atoms with Gasteiger partial charge in [-0.2, -0.15) is 0 Å². The molecule has 1 fully saturated rings. The number of pyridine rings is 1. The minimum Gasteiger partial charge on any atom is -0.334 e. The third-order valence-corrected chi connectivity index (χ3v) is 3.50. The lowest BCUT2D eigenvalue weighted by Crippen LogP contribution is -2.57. The van der Waals surface area contributed by atoms with Crippen LogP contribution in [-0.2, 0) is 16.1 Å². The third kappa shape index (κ3) is 1.83. The molecule has 0 saturated carbocycles. The summed E-state index contributed by atoms with van der Waals surface area (Å²) in [6.45, 7) is 2.12. The molecule has 3 N–H and O–H groups in total. The molecule has 2 aromatic rings. The minimum atomic E-state index is -0.456. The summed E-state index contributed by atoms with van der Waals surface area (Å²) in [6.07, 6.45) is 1.87. The van der Waals surface area contributed by atoms with Gasteiger partial charge in [0, 0.05) is 12.7 Å². The lowest BCUT2D eigenvalue weighted by molar-refractivity contribution is -0.132. The van der Waals surface area contributed by atoms with Crippen LogP contribution < -0.4 is 16.0 Å². The Kier molecular flexibility index (Phi) is 2.90. The van der Waals surface area contributed by atoms with Crippen LogP contribution in [0.4, 0.5) is 5.82 Å². The van der Waals surface area contributed by atoms with Crippen LogP contribution in [0.1, 0.15) is 12.6 Å². The number of rotatable bonds is 2. The van der Waals surface area contributed by atoms with Gasteiger partial charge in [0.2, 0.25) is 11.8 Å². The fourth-order valence-electron chi connectivity index (χ4n) is 2.43. The van der Waals surface area contributed by atoms with E-state index in [0.29, 0.717) is 5.82 Å². The molecule has 3 rings (SSSR count). The first kappa shape index (κ1) is 12.6. The second kappa shape index (κ2) is 4.61. The number of hydrogen-bond acceptors (Lipinski definition) is 5. The van der Waals surface area contributed by atoms with Crippen molar-refractivity contribution in [2.75, 3.05) is 11.4 Å². The Morgan fingerprint density at radius 2 is 2.25 bits per heavy atom. The van der Waals surface area contributed by atoms with Crippen molar-refractivity contribution in [3.8, 4) is 0 Å². The number of carbonyl (C=O) groups excluding carboxylic acids is 2. The number of nitrogens with one attached hydrogen (secondary N) is 1. The van der Waals surface area contributed by atoms with Crippen LogP contribution in [0.5, 0.6) is 0 Å². The Balaban J connectivity index is 2.13. The molecule has 2 aromatic heterocycles. The molecular formula is C13H15N5O2. The minimum absolute atomic E-state index is 0.101. The van der Waals surface area contributed by atoms with Crippen molar-refractivity contribution in [1.29, 1.82) is 0 Å². The molecule has 3 heterocycles. The molecule has 0 spiro atoms. The van der Waals surface area contributed by atoms with Gasteiger partial charge in [-0.1, -0.05) is 6.07 Å². The number of imide groups is 1. The second-order valence-corrected chi connectivity index (χ2v) is 4.73. The first-order valence-electron chi connectivity index (χ1n) is 6.38. The summed E-state index contributed by atoms with van der Waals surface area (Å²) in [5.74, 6) is -0.0520. The molecule has 104 valence electrons. The summed E-state index contributed by atoms with van der Waals surface area (Å²) in [5, 5.41) is 2.31. The zero-order chi connectivity index (χ0) is 14.3. The van der Waals surface area contributed by atoms with Crippen LogP contribution in [0.25, 0.3) is 5.65 Å². The summed E-state index contributed by atoms with van der Waals surface area (Å²) in [4.78, 5) is 29.5. The van der Waals surface area contributed by atoms with Gasteiger partial charge < -0.3 is 15.0 Å². The standard InChI is InChI=1S/C13H15N5O2/c1-8-13(20)16-11(19)7-18(8)12-9(6-14)17-5-3-2-4-10(17)15-12/h2-5,8H,6-7,14H2,1H3,(H,16,19,20). The van der Waals surface area contributed by atoms with Gasteiger partial charge in [-0.15, -0.1) is 0 Å². The van der Waals surface area contributed by atoms with Crippen molar-refractivity contribution in [3.63, 3.8) is 0 Å². The predicted octanol–water partition coefficient (Wildman–Crippen LogP) is -0.356. The number of piperazine rings is 1. The van der Waals surface area contributed by atoms with E-state index in [-0.39, 0.29) is 24.9 Å². The van der Waals surface area contributed by atoms with E-state index in [1.807, 2.05) is 28.8 Å². The molecule has 20 heavy (non-hydrogen) atoms. The van der Waals surface area contributed by atoms with Gasteiger partial charge in [0.15, 0.2) is 5.82 Å². The number of nitrogens with zero attached hydrogens (tertiary/aromatic N) is 3. The summed E-state index contributed by atoms with van der Waals surface area (Å²) in [7, 11) is 0.